The predicted molar refractivity (Wildman–Crippen MR) is 111 cm³/mol. The van der Waals surface area contributed by atoms with Gasteiger partial charge in [-0.05, 0) is 18.3 Å². The lowest BCUT2D eigenvalue weighted by atomic mass is 9.99. The predicted octanol–water partition coefficient (Wildman–Crippen LogP) is -1.13. The zero-order valence-electron chi connectivity index (χ0n) is 17.3. The average molecular weight is 435 g/mol. The van der Waals surface area contributed by atoms with Crippen LogP contribution in [0.4, 0.5) is 0 Å². The number of aliphatic hydroxyl groups is 1. The Balaban J connectivity index is 5.20. The van der Waals surface area contributed by atoms with Crippen molar-refractivity contribution in [2.45, 2.75) is 64.7 Å². The van der Waals surface area contributed by atoms with E-state index in [0.29, 0.717) is 6.42 Å². The number of hydrogen-bond acceptors (Lipinski definition) is 7. The van der Waals surface area contributed by atoms with E-state index in [0.717, 1.165) is 0 Å². The fraction of sp³-hybridized carbons (Fsp3) is 0.778. The first-order chi connectivity index (χ1) is 13.5. The number of hydrogen-bond donors (Lipinski definition) is 7. The summed E-state index contributed by atoms with van der Waals surface area (Å²) in [6, 6.07) is -4.33. The Kier molecular flexibility index (Phi) is 12.5. The van der Waals surface area contributed by atoms with Crippen LogP contribution in [0.2, 0.25) is 0 Å². The molecule has 5 unspecified atom stereocenters. The molecule has 168 valence electrons. The zero-order valence-corrected chi connectivity index (χ0v) is 18.2. The molecule has 0 aliphatic rings. The molecule has 0 aliphatic carbocycles. The molecule has 0 rings (SSSR count). The van der Waals surface area contributed by atoms with Crippen LogP contribution in [-0.4, -0.2) is 70.4 Å². The van der Waals surface area contributed by atoms with Gasteiger partial charge in [-0.15, -0.1) is 0 Å². The van der Waals surface area contributed by atoms with Crippen molar-refractivity contribution in [3.8, 4) is 0 Å². The summed E-state index contributed by atoms with van der Waals surface area (Å²) in [6.07, 6.45) is 0.924. The Morgan fingerprint density at radius 1 is 0.931 bits per heavy atom. The Morgan fingerprint density at radius 2 is 1.41 bits per heavy atom. The first-order valence-electron chi connectivity index (χ1n) is 9.59. The topological polar surface area (TPSA) is 171 Å². The van der Waals surface area contributed by atoms with Gasteiger partial charge in [-0.3, -0.25) is 14.4 Å². The molecule has 0 saturated heterocycles. The molecular weight excluding hydrogens is 400 g/mol. The van der Waals surface area contributed by atoms with E-state index in [1.165, 1.54) is 0 Å². The molecule has 11 heteroatoms. The number of thiol groups is 1. The third-order valence-electron chi connectivity index (χ3n) is 4.51. The van der Waals surface area contributed by atoms with Gasteiger partial charge in [0, 0.05) is 5.75 Å². The highest BCUT2D eigenvalue weighted by Crippen LogP contribution is 2.08. The molecule has 3 amide bonds. The molecule has 5 atom stereocenters. The van der Waals surface area contributed by atoms with Crippen LogP contribution in [0.15, 0.2) is 0 Å². The van der Waals surface area contributed by atoms with E-state index in [1.807, 2.05) is 27.7 Å². The second-order valence-corrected chi connectivity index (χ2v) is 7.79. The third-order valence-corrected chi connectivity index (χ3v) is 4.88. The number of carboxylic acid groups (broad SMARTS) is 1. The zero-order chi connectivity index (χ0) is 22.7. The Labute approximate surface area is 176 Å². The summed E-state index contributed by atoms with van der Waals surface area (Å²) in [5.74, 6) is -3.36. The maximum atomic E-state index is 12.6. The van der Waals surface area contributed by atoms with Crippen molar-refractivity contribution in [3.05, 3.63) is 0 Å². The summed E-state index contributed by atoms with van der Waals surface area (Å²) >= 11 is 4.09. The quantitative estimate of drug-likeness (QED) is 0.180. The highest BCUT2D eigenvalue weighted by Gasteiger charge is 2.30. The van der Waals surface area contributed by atoms with Crippen LogP contribution in [0, 0.1) is 11.8 Å². The van der Waals surface area contributed by atoms with Crippen molar-refractivity contribution in [2.24, 2.45) is 17.6 Å². The number of rotatable bonds is 13. The SMILES string of the molecule is CCC(C)C(N)C(=O)NC(CS)C(=O)NC(CC(C)C)C(=O)NC(CO)C(=O)O. The van der Waals surface area contributed by atoms with E-state index in [4.69, 9.17) is 15.9 Å². The lowest BCUT2D eigenvalue weighted by Crippen LogP contribution is -2.58. The number of aliphatic hydroxyl groups excluding tert-OH is 1. The van der Waals surface area contributed by atoms with E-state index in [1.54, 1.807) is 0 Å². The first kappa shape index (κ1) is 27.1. The molecule has 0 aliphatic heterocycles. The van der Waals surface area contributed by atoms with Gasteiger partial charge in [0.15, 0.2) is 0 Å². The fourth-order valence-corrected chi connectivity index (χ4v) is 2.66. The highest BCUT2D eigenvalue weighted by atomic mass is 32.1. The Bertz CT molecular complexity index is 575. The Morgan fingerprint density at radius 3 is 1.83 bits per heavy atom. The molecule has 0 spiro atoms. The highest BCUT2D eigenvalue weighted by molar-refractivity contribution is 7.80. The number of nitrogens with one attached hydrogen (secondary N) is 3. The van der Waals surface area contributed by atoms with E-state index in [-0.39, 0.29) is 24.0 Å². The van der Waals surface area contributed by atoms with Crippen molar-refractivity contribution in [3.63, 3.8) is 0 Å². The molecule has 0 aromatic carbocycles. The molecule has 0 fully saturated rings. The van der Waals surface area contributed by atoms with Gasteiger partial charge in [0.25, 0.3) is 0 Å². The van der Waals surface area contributed by atoms with Crippen molar-refractivity contribution < 1.29 is 29.4 Å². The molecule has 0 bridgehead atoms. The normalized spacial score (nSPS) is 16.3. The van der Waals surface area contributed by atoms with Crippen molar-refractivity contribution >= 4 is 36.3 Å². The molecule has 0 heterocycles. The first-order valence-corrected chi connectivity index (χ1v) is 10.2. The van der Waals surface area contributed by atoms with E-state index in [9.17, 15) is 19.2 Å². The lowest BCUT2D eigenvalue weighted by Gasteiger charge is -2.26. The van der Waals surface area contributed by atoms with Crippen LogP contribution < -0.4 is 21.7 Å². The minimum atomic E-state index is -1.48. The molecule has 0 radical (unpaired) electrons. The van der Waals surface area contributed by atoms with Crippen molar-refractivity contribution in [2.75, 3.05) is 12.4 Å². The van der Waals surface area contributed by atoms with Crippen LogP contribution in [-0.2, 0) is 19.2 Å². The van der Waals surface area contributed by atoms with E-state index in [2.05, 4.69) is 28.6 Å². The van der Waals surface area contributed by atoms with Gasteiger partial charge >= 0.3 is 5.97 Å². The number of carbonyl (C=O) groups excluding carboxylic acids is 3. The number of amides is 3. The second-order valence-electron chi connectivity index (χ2n) is 7.43. The van der Waals surface area contributed by atoms with Crippen molar-refractivity contribution in [1.82, 2.24) is 16.0 Å². The molecular formula is C18H34N4O6S. The van der Waals surface area contributed by atoms with Gasteiger partial charge in [0.1, 0.15) is 18.1 Å². The summed E-state index contributed by atoms with van der Waals surface area (Å²) in [6.45, 7) is 6.59. The summed E-state index contributed by atoms with van der Waals surface area (Å²) in [4.78, 5) is 48.3. The second kappa shape index (κ2) is 13.4. The number of aliphatic carboxylic acids is 1. The minimum Gasteiger partial charge on any atom is -0.480 e. The van der Waals surface area contributed by atoms with Gasteiger partial charge in [-0.1, -0.05) is 34.1 Å². The standard InChI is InChI=1S/C18H34N4O6S/c1-5-10(4)14(19)17(26)22-13(8-29)16(25)20-11(6-9(2)3)15(24)21-12(7-23)18(27)28/h9-14,23,29H,5-8,19H2,1-4H3,(H,20,25)(H,21,24)(H,22,26)(H,27,28). The average Bonchev–Trinajstić information content (AvgIpc) is 2.66. The lowest BCUT2D eigenvalue weighted by molar-refractivity contribution is -0.143. The Hall–Kier alpha value is -1.85. The monoisotopic (exact) mass is 434 g/mol. The smallest absolute Gasteiger partial charge is 0.328 e. The molecule has 7 N–H and O–H groups in total. The van der Waals surface area contributed by atoms with Gasteiger partial charge in [-0.2, -0.15) is 12.6 Å². The molecule has 0 saturated carbocycles. The third kappa shape index (κ3) is 9.46. The molecule has 0 aromatic heterocycles. The van der Waals surface area contributed by atoms with Gasteiger partial charge in [0.05, 0.1) is 12.6 Å². The number of carbonyl (C=O) groups is 4. The number of nitrogens with two attached hydrogens (primary N) is 1. The maximum absolute atomic E-state index is 12.6. The van der Waals surface area contributed by atoms with Crippen molar-refractivity contribution in [1.29, 1.82) is 0 Å². The van der Waals surface area contributed by atoms with Gasteiger partial charge in [0.2, 0.25) is 17.7 Å². The van der Waals surface area contributed by atoms with Crippen LogP contribution in [0.3, 0.4) is 0 Å². The van der Waals surface area contributed by atoms with E-state index >= 15 is 0 Å². The molecule has 29 heavy (non-hydrogen) atoms. The summed E-state index contributed by atoms with van der Waals surface area (Å²) in [5.41, 5.74) is 5.88. The van der Waals surface area contributed by atoms with Crippen LogP contribution in [0.25, 0.3) is 0 Å². The molecule has 0 aromatic rings. The van der Waals surface area contributed by atoms with Crippen LogP contribution in [0.5, 0.6) is 0 Å². The van der Waals surface area contributed by atoms with E-state index < -0.39 is 54.5 Å². The molecule has 10 nitrogen and oxygen atoms in total. The number of carboxylic acids is 1. The largest absolute Gasteiger partial charge is 0.480 e. The summed E-state index contributed by atoms with van der Waals surface area (Å²) < 4.78 is 0. The minimum absolute atomic E-state index is 0.00585. The van der Waals surface area contributed by atoms with Crippen LogP contribution in [0.1, 0.15) is 40.5 Å². The summed E-state index contributed by atoms with van der Waals surface area (Å²) in [7, 11) is 0. The van der Waals surface area contributed by atoms with Crippen LogP contribution >= 0.6 is 12.6 Å². The van der Waals surface area contributed by atoms with Gasteiger partial charge in [-0.25, -0.2) is 4.79 Å². The maximum Gasteiger partial charge on any atom is 0.328 e. The van der Waals surface area contributed by atoms with Gasteiger partial charge < -0.3 is 31.9 Å². The summed E-state index contributed by atoms with van der Waals surface area (Å²) in [5, 5.41) is 25.3. The fourth-order valence-electron chi connectivity index (χ4n) is 2.41.